The minimum Gasteiger partial charge on any atom is -0.409 e. The van der Waals surface area contributed by atoms with E-state index in [1.807, 2.05) is 13.8 Å². The molecular formula is C13H23N3OS. The van der Waals surface area contributed by atoms with Gasteiger partial charge in [-0.1, -0.05) is 25.9 Å². The summed E-state index contributed by atoms with van der Waals surface area (Å²) in [6.45, 7) is 7.88. The van der Waals surface area contributed by atoms with E-state index >= 15 is 0 Å². The lowest BCUT2D eigenvalue weighted by atomic mass is 9.88. The molecule has 0 radical (unpaired) electrons. The van der Waals surface area contributed by atoms with Crippen LogP contribution in [0.2, 0.25) is 0 Å². The molecule has 1 heterocycles. The molecule has 0 aromatic carbocycles. The summed E-state index contributed by atoms with van der Waals surface area (Å²) in [5.74, 6) is 0.287. The molecule has 0 aliphatic heterocycles. The van der Waals surface area contributed by atoms with Crippen molar-refractivity contribution in [3.05, 3.63) is 21.9 Å². The van der Waals surface area contributed by atoms with Crippen molar-refractivity contribution in [2.24, 2.45) is 16.3 Å². The lowest BCUT2D eigenvalue weighted by molar-refractivity contribution is 0.305. The van der Waals surface area contributed by atoms with Crippen LogP contribution in [-0.4, -0.2) is 17.6 Å². The quantitative estimate of drug-likeness (QED) is 0.234. The third-order valence-electron chi connectivity index (χ3n) is 3.23. The highest BCUT2D eigenvalue weighted by Gasteiger charge is 2.22. The molecule has 5 heteroatoms. The molecule has 0 aliphatic rings. The molecular weight excluding hydrogens is 246 g/mol. The Balaban J connectivity index is 2.35. The van der Waals surface area contributed by atoms with Gasteiger partial charge in [-0.15, -0.1) is 11.3 Å². The van der Waals surface area contributed by atoms with Gasteiger partial charge in [-0.3, -0.25) is 0 Å². The van der Waals surface area contributed by atoms with Crippen molar-refractivity contribution in [1.82, 2.24) is 5.32 Å². The van der Waals surface area contributed by atoms with Crippen LogP contribution in [0.5, 0.6) is 0 Å². The minimum atomic E-state index is -0.273. The summed E-state index contributed by atoms with van der Waals surface area (Å²) in [5.41, 5.74) is 6.79. The summed E-state index contributed by atoms with van der Waals surface area (Å²) in [7, 11) is 0. The molecule has 0 aliphatic carbocycles. The second-order valence-electron chi connectivity index (χ2n) is 5.02. The summed E-state index contributed by atoms with van der Waals surface area (Å²) in [6, 6.07) is 2.18. The van der Waals surface area contributed by atoms with Crippen LogP contribution in [0.1, 0.15) is 37.6 Å². The van der Waals surface area contributed by atoms with Gasteiger partial charge in [-0.2, -0.15) is 0 Å². The third-order valence-corrected chi connectivity index (χ3v) is 4.20. The molecule has 1 aromatic heterocycles. The Bertz CT molecular complexity index is 399. The molecule has 0 unspecified atom stereocenters. The van der Waals surface area contributed by atoms with Crippen LogP contribution in [0.15, 0.2) is 16.6 Å². The number of hydrogen-bond acceptors (Lipinski definition) is 4. The predicted octanol–water partition coefficient (Wildman–Crippen LogP) is 2.56. The second-order valence-corrected chi connectivity index (χ2v) is 6.02. The molecule has 0 bridgehead atoms. The van der Waals surface area contributed by atoms with Crippen molar-refractivity contribution >= 4 is 17.2 Å². The number of aryl methyl sites for hydroxylation is 1. The number of hydrogen-bond donors (Lipinski definition) is 3. The highest BCUT2D eigenvalue weighted by Crippen LogP contribution is 2.20. The number of rotatable bonds is 7. The van der Waals surface area contributed by atoms with Gasteiger partial charge in [0.2, 0.25) is 0 Å². The van der Waals surface area contributed by atoms with Gasteiger partial charge >= 0.3 is 0 Å². The topological polar surface area (TPSA) is 70.6 Å². The van der Waals surface area contributed by atoms with Gasteiger partial charge in [0.25, 0.3) is 0 Å². The Hall–Kier alpha value is -1.07. The third kappa shape index (κ3) is 3.99. The van der Waals surface area contributed by atoms with Crippen LogP contribution in [0.25, 0.3) is 0 Å². The van der Waals surface area contributed by atoms with Crippen molar-refractivity contribution in [2.45, 2.75) is 40.2 Å². The van der Waals surface area contributed by atoms with Crippen molar-refractivity contribution in [1.29, 1.82) is 0 Å². The van der Waals surface area contributed by atoms with Gasteiger partial charge in [-0.25, -0.2) is 0 Å². The van der Waals surface area contributed by atoms with Crippen LogP contribution in [0.3, 0.4) is 0 Å². The van der Waals surface area contributed by atoms with Crippen LogP contribution in [-0.2, 0) is 13.0 Å². The predicted molar refractivity (Wildman–Crippen MR) is 77.2 cm³/mol. The number of nitrogens with zero attached hydrogens (tertiary/aromatic N) is 1. The summed E-state index contributed by atoms with van der Waals surface area (Å²) in [4.78, 5) is 1.40. The van der Waals surface area contributed by atoms with Crippen molar-refractivity contribution in [3.63, 3.8) is 0 Å². The number of oxime groups is 1. The van der Waals surface area contributed by atoms with E-state index in [1.165, 1.54) is 10.4 Å². The number of amidine groups is 1. The molecule has 0 atom stereocenters. The van der Waals surface area contributed by atoms with Crippen molar-refractivity contribution < 1.29 is 5.21 Å². The molecule has 102 valence electrons. The van der Waals surface area contributed by atoms with Gasteiger partial charge in [0.05, 0.1) is 0 Å². The van der Waals surface area contributed by atoms with Gasteiger partial charge in [-0.05, 0) is 36.4 Å². The first kappa shape index (κ1) is 15.0. The lowest BCUT2D eigenvalue weighted by Gasteiger charge is -2.22. The fourth-order valence-electron chi connectivity index (χ4n) is 1.70. The molecule has 1 rings (SSSR count). The second kappa shape index (κ2) is 6.75. The van der Waals surface area contributed by atoms with E-state index in [2.05, 4.69) is 28.8 Å². The molecule has 0 amide bonds. The Morgan fingerprint density at radius 2 is 2.28 bits per heavy atom. The SMILES string of the molecule is CCc1ccsc1CNCCC(C)(C)C(N)=NO. The van der Waals surface area contributed by atoms with Crippen LogP contribution in [0, 0.1) is 5.41 Å². The van der Waals surface area contributed by atoms with Crippen LogP contribution in [0.4, 0.5) is 0 Å². The monoisotopic (exact) mass is 269 g/mol. The summed E-state index contributed by atoms with van der Waals surface area (Å²) in [6.07, 6.45) is 1.92. The number of thiophene rings is 1. The van der Waals surface area contributed by atoms with E-state index in [9.17, 15) is 0 Å². The average Bonchev–Trinajstić information content (AvgIpc) is 2.80. The highest BCUT2D eigenvalue weighted by atomic mass is 32.1. The Morgan fingerprint density at radius 1 is 1.56 bits per heavy atom. The number of nitrogens with two attached hydrogens (primary N) is 1. The largest absolute Gasteiger partial charge is 0.409 e. The molecule has 18 heavy (non-hydrogen) atoms. The van der Waals surface area contributed by atoms with E-state index in [-0.39, 0.29) is 11.3 Å². The maximum atomic E-state index is 8.69. The molecule has 0 saturated heterocycles. The molecule has 1 aromatic rings. The van der Waals surface area contributed by atoms with Gasteiger partial charge < -0.3 is 16.3 Å². The Kier molecular flexibility index (Phi) is 5.62. The number of nitrogens with one attached hydrogen (secondary N) is 1. The van der Waals surface area contributed by atoms with E-state index < -0.39 is 0 Å². The van der Waals surface area contributed by atoms with Crippen LogP contribution >= 0.6 is 11.3 Å². The lowest BCUT2D eigenvalue weighted by Crippen LogP contribution is -2.34. The van der Waals surface area contributed by atoms with E-state index in [0.717, 1.165) is 25.9 Å². The molecule has 0 saturated carbocycles. The zero-order chi connectivity index (χ0) is 13.6. The maximum absolute atomic E-state index is 8.69. The van der Waals surface area contributed by atoms with Crippen LogP contribution < -0.4 is 11.1 Å². The fraction of sp³-hybridized carbons (Fsp3) is 0.615. The maximum Gasteiger partial charge on any atom is 0.144 e. The van der Waals surface area contributed by atoms with Gasteiger partial charge in [0.15, 0.2) is 0 Å². The van der Waals surface area contributed by atoms with Crippen molar-refractivity contribution in [2.75, 3.05) is 6.54 Å². The summed E-state index contributed by atoms with van der Waals surface area (Å²) in [5, 5.41) is 17.3. The normalized spacial score (nSPS) is 12.9. The van der Waals surface area contributed by atoms with E-state index in [0.29, 0.717) is 0 Å². The zero-order valence-corrected chi connectivity index (χ0v) is 12.2. The first-order chi connectivity index (χ1) is 8.51. The summed E-state index contributed by atoms with van der Waals surface area (Å²) < 4.78 is 0. The Morgan fingerprint density at radius 3 is 2.89 bits per heavy atom. The molecule has 0 fully saturated rings. The zero-order valence-electron chi connectivity index (χ0n) is 11.4. The van der Waals surface area contributed by atoms with Gasteiger partial charge in [0, 0.05) is 16.8 Å². The smallest absolute Gasteiger partial charge is 0.144 e. The molecule has 4 N–H and O–H groups in total. The molecule has 4 nitrogen and oxygen atoms in total. The molecule has 0 spiro atoms. The highest BCUT2D eigenvalue weighted by molar-refractivity contribution is 7.10. The van der Waals surface area contributed by atoms with E-state index in [4.69, 9.17) is 10.9 Å². The van der Waals surface area contributed by atoms with E-state index in [1.54, 1.807) is 11.3 Å². The standard InChI is InChI=1S/C13H23N3OS/c1-4-10-5-8-18-11(10)9-15-7-6-13(2,3)12(14)16-17/h5,8,15,17H,4,6-7,9H2,1-3H3,(H2,14,16). The summed E-state index contributed by atoms with van der Waals surface area (Å²) >= 11 is 1.79. The Labute approximate surface area is 113 Å². The average molecular weight is 269 g/mol. The first-order valence-corrected chi connectivity index (χ1v) is 7.13. The van der Waals surface area contributed by atoms with Gasteiger partial charge in [0.1, 0.15) is 5.84 Å². The van der Waals surface area contributed by atoms with Crippen molar-refractivity contribution in [3.8, 4) is 0 Å². The first-order valence-electron chi connectivity index (χ1n) is 6.25. The fourth-order valence-corrected chi connectivity index (χ4v) is 2.65. The minimum absolute atomic E-state index is 0.273.